The molecule has 0 aliphatic carbocycles. The number of nitrogens with one attached hydrogen (secondary N) is 4. The van der Waals surface area contributed by atoms with E-state index < -0.39 is 47.0 Å². The van der Waals surface area contributed by atoms with E-state index in [4.69, 9.17) is 9.47 Å². The average Bonchev–Trinajstić information content (AvgIpc) is 3.81. The first-order chi connectivity index (χ1) is 22.1. The monoisotopic (exact) mass is 649 g/mol. The quantitative estimate of drug-likeness (QED) is 0.111. The Morgan fingerprint density at radius 1 is 1.15 bits per heavy atom. The molecule has 7 rings (SSSR count). The Morgan fingerprint density at radius 3 is 2.74 bits per heavy atom. The SMILES string of the molecule is CSc1c(Oc2ccc(F)c(-c3ncc(C4(C)CCOc5c(C(O)C6NC(=O)NC6=O)cccc54)[nH]3)c2)c(F)c(F)c2[nH]ccc12. The Morgan fingerprint density at radius 2 is 1.98 bits per heavy atom. The first-order valence-electron chi connectivity index (χ1n) is 14.2. The van der Waals surface area contributed by atoms with Gasteiger partial charge in [0.1, 0.15) is 35.3 Å². The summed E-state index contributed by atoms with van der Waals surface area (Å²) in [5.74, 6) is -3.22. The van der Waals surface area contributed by atoms with E-state index in [2.05, 4.69) is 25.6 Å². The van der Waals surface area contributed by atoms with Gasteiger partial charge in [-0.2, -0.15) is 4.39 Å². The summed E-state index contributed by atoms with van der Waals surface area (Å²) < 4.78 is 57.0. The Kier molecular flexibility index (Phi) is 7.20. The topological polar surface area (TPSA) is 141 Å². The van der Waals surface area contributed by atoms with Gasteiger partial charge >= 0.3 is 6.03 Å². The Hall–Kier alpha value is -4.95. The van der Waals surface area contributed by atoms with Crippen molar-refractivity contribution in [1.29, 1.82) is 0 Å². The molecule has 236 valence electrons. The number of nitrogens with zero attached hydrogens (tertiary/aromatic N) is 1. The number of imidazole rings is 1. The minimum absolute atomic E-state index is 0.0257. The van der Waals surface area contributed by atoms with Crippen molar-refractivity contribution >= 4 is 34.6 Å². The van der Waals surface area contributed by atoms with Gasteiger partial charge < -0.3 is 29.9 Å². The molecule has 46 heavy (non-hydrogen) atoms. The minimum atomic E-state index is -1.37. The van der Waals surface area contributed by atoms with E-state index in [9.17, 15) is 19.1 Å². The zero-order valence-corrected chi connectivity index (χ0v) is 25.2. The Bertz CT molecular complexity index is 2050. The Labute approximate surface area is 263 Å². The van der Waals surface area contributed by atoms with Crippen LogP contribution in [-0.4, -0.2) is 50.9 Å². The number of hydrogen-bond acceptors (Lipinski definition) is 7. The average molecular weight is 650 g/mol. The van der Waals surface area contributed by atoms with Gasteiger partial charge in [-0.1, -0.05) is 18.2 Å². The van der Waals surface area contributed by atoms with E-state index in [1.165, 1.54) is 30.1 Å². The van der Waals surface area contributed by atoms with Crippen LogP contribution in [0.2, 0.25) is 0 Å². The number of carbonyl (C=O) groups is 2. The summed E-state index contributed by atoms with van der Waals surface area (Å²) >= 11 is 1.19. The number of benzene rings is 3. The van der Waals surface area contributed by atoms with Crippen molar-refractivity contribution in [3.8, 4) is 28.6 Å². The van der Waals surface area contributed by atoms with E-state index in [1.807, 2.05) is 13.0 Å². The summed E-state index contributed by atoms with van der Waals surface area (Å²) in [5, 5.41) is 16.0. The van der Waals surface area contributed by atoms with Crippen LogP contribution in [0.4, 0.5) is 18.0 Å². The van der Waals surface area contributed by atoms with Crippen LogP contribution < -0.4 is 20.1 Å². The number of aliphatic hydroxyl groups excluding tert-OH is 1. The number of hydrogen-bond donors (Lipinski definition) is 5. The van der Waals surface area contributed by atoms with Crippen LogP contribution in [0.25, 0.3) is 22.3 Å². The smallest absolute Gasteiger partial charge is 0.322 e. The lowest BCUT2D eigenvalue weighted by atomic mass is 9.74. The van der Waals surface area contributed by atoms with E-state index >= 15 is 8.78 Å². The molecule has 4 heterocycles. The highest BCUT2D eigenvalue weighted by atomic mass is 32.2. The number of fused-ring (bicyclic) bond motifs is 2. The first kappa shape index (κ1) is 29.7. The molecule has 0 spiro atoms. The van der Waals surface area contributed by atoms with Gasteiger partial charge in [0, 0.05) is 40.0 Å². The molecule has 3 unspecified atom stereocenters. The van der Waals surface area contributed by atoms with Crippen LogP contribution in [-0.2, 0) is 10.2 Å². The molecular weight excluding hydrogens is 623 g/mol. The fourth-order valence-corrected chi connectivity index (χ4v) is 6.77. The molecule has 14 heteroatoms. The maximum absolute atomic E-state index is 15.2. The number of aliphatic hydroxyl groups is 1. The normalized spacial score (nSPS) is 19.8. The van der Waals surface area contributed by atoms with Crippen molar-refractivity contribution in [2.24, 2.45) is 0 Å². The van der Waals surface area contributed by atoms with Crippen LogP contribution in [0, 0.1) is 17.5 Å². The van der Waals surface area contributed by atoms with Gasteiger partial charge in [-0.05, 0) is 43.9 Å². The molecule has 0 bridgehead atoms. The molecular formula is C32H26F3N5O5S. The van der Waals surface area contributed by atoms with Crippen molar-refractivity contribution < 1.29 is 37.3 Å². The molecule has 2 aliphatic rings. The largest absolute Gasteiger partial charge is 0.493 e. The second kappa shape index (κ2) is 11.1. The molecule has 3 amide bonds. The lowest BCUT2D eigenvalue weighted by Crippen LogP contribution is -2.37. The molecule has 2 aromatic heterocycles. The van der Waals surface area contributed by atoms with Crippen molar-refractivity contribution in [3.05, 3.63) is 89.1 Å². The highest BCUT2D eigenvalue weighted by Crippen LogP contribution is 2.47. The third-order valence-corrected chi connectivity index (χ3v) is 9.34. The summed E-state index contributed by atoms with van der Waals surface area (Å²) in [5.41, 5.74) is 0.966. The van der Waals surface area contributed by atoms with Crippen molar-refractivity contribution in [3.63, 3.8) is 0 Å². The van der Waals surface area contributed by atoms with Crippen molar-refractivity contribution in [1.82, 2.24) is 25.6 Å². The van der Waals surface area contributed by atoms with Crippen molar-refractivity contribution in [2.45, 2.75) is 35.8 Å². The summed E-state index contributed by atoms with van der Waals surface area (Å²) in [6.45, 7) is 2.20. The summed E-state index contributed by atoms with van der Waals surface area (Å²) in [7, 11) is 0. The predicted octanol–water partition coefficient (Wildman–Crippen LogP) is 5.82. The molecule has 2 aliphatic heterocycles. The number of halogens is 3. The molecule has 1 saturated heterocycles. The number of thioether (sulfide) groups is 1. The van der Waals surface area contributed by atoms with E-state index in [0.29, 0.717) is 39.3 Å². The molecule has 1 fully saturated rings. The maximum atomic E-state index is 15.2. The van der Waals surface area contributed by atoms with Gasteiger partial charge in [0.15, 0.2) is 11.6 Å². The van der Waals surface area contributed by atoms with Crippen LogP contribution in [0.1, 0.15) is 36.3 Å². The third-order valence-electron chi connectivity index (χ3n) is 8.53. The molecule has 0 radical (unpaired) electrons. The number of imide groups is 1. The molecule has 5 aromatic rings. The number of aromatic nitrogens is 3. The van der Waals surface area contributed by atoms with Crippen molar-refractivity contribution in [2.75, 3.05) is 12.9 Å². The number of amides is 3. The zero-order valence-electron chi connectivity index (χ0n) is 24.3. The molecule has 3 atom stereocenters. The minimum Gasteiger partial charge on any atom is -0.493 e. The van der Waals surface area contributed by atoms with E-state index in [-0.39, 0.29) is 35.0 Å². The number of H-pyrrole nitrogens is 2. The fraction of sp³-hybridized carbons (Fsp3) is 0.219. The number of carbonyl (C=O) groups excluding carboxylic acids is 2. The zero-order chi connectivity index (χ0) is 32.3. The number of urea groups is 1. The molecule has 3 aromatic carbocycles. The number of para-hydroxylation sites is 1. The van der Waals surface area contributed by atoms with Gasteiger partial charge in [0.2, 0.25) is 5.82 Å². The van der Waals surface area contributed by atoms with Gasteiger partial charge in [-0.3, -0.25) is 10.1 Å². The summed E-state index contributed by atoms with van der Waals surface area (Å²) in [6.07, 6.45) is 3.92. The second-order valence-corrected chi connectivity index (χ2v) is 12.0. The summed E-state index contributed by atoms with van der Waals surface area (Å²) in [4.78, 5) is 34.6. The highest BCUT2D eigenvalue weighted by Gasteiger charge is 2.42. The number of rotatable bonds is 7. The van der Waals surface area contributed by atoms with Crippen LogP contribution in [0.3, 0.4) is 0 Å². The van der Waals surface area contributed by atoms with Crippen LogP contribution in [0.15, 0.2) is 59.8 Å². The van der Waals surface area contributed by atoms with E-state index in [0.717, 1.165) is 6.07 Å². The van der Waals surface area contributed by atoms with Crippen LogP contribution in [0.5, 0.6) is 17.2 Å². The van der Waals surface area contributed by atoms with E-state index in [1.54, 1.807) is 30.7 Å². The second-order valence-electron chi connectivity index (χ2n) is 11.2. The van der Waals surface area contributed by atoms with Gasteiger partial charge in [0.05, 0.1) is 22.6 Å². The Balaban J connectivity index is 1.22. The van der Waals surface area contributed by atoms with Gasteiger partial charge in [-0.25, -0.2) is 18.6 Å². The number of aromatic amines is 2. The maximum Gasteiger partial charge on any atom is 0.322 e. The standard InChI is InChI=1S/C32H26F3N5O5S/c1-32(9-11-44-26-16(4-3-5-18(26)32)25(41)24-30(42)40-31(43)39-24)20-13-37-29(38-20)17-12-14(6-7-19(17)33)45-27-22(35)21(34)23-15(8-10-36-23)28(27)46-2/h3-8,10,12-13,24-25,36,41H,9,11H2,1-2H3,(H,37,38)(H2,39,40,42,43). The third kappa shape index (κ3) is 4.67. The van der Waals surface area contributed by atoms with Gasteiger partial charge in [0.25, 0.3) is 5.91 Å². The number of ether oxygens (including phenoxy) is 2. The molecule has 0 saturated carbocycles. The predicted molar refractivity (Wildman–Crippen MR) is 162 cm³/mol. The molecule has 5 N–H and O–H groups in total. The lowest BCUT2D eigenvalue weighted by Gasteiger charge is -2.36. The lowest BCUT2D eigenvalue weighted by molar-refractivity contribution is -0.122. The van der Waals surface area contributed by atoms with Gasteiger partial charge in [-0.15, -0.1) is 11.8 Å². The first-order valence-corrected chi connectivity index (χ1v) is 15.4. The fourth-order valence-electron chi connectivity index (χ4n) is 6.06. The van der Waals surface area contributed by atoms with Crippen LogP contribution >= 0.6 is 11.8 Å². The highest BCUT2D eigenvalue weighted by molar-refractivity contribution is 7.99. The molecule has 10 nitrogen and oxygen atoms in total. The summed E-state index contributed by atoms with van der Waals surface area (Å²) in [6, 6.07) is 8.74.